The zero-order valence-corrected chi connectivity index (χ0v) is 12.6. The second kappa shape index (κ2) is 7.64. The SMILES string of the molecule is COc1ccc([C@@H](CC(=O)O)NC(=O)[C@@H]2CC=CCC2)cc1. The minimum absolute atomic E-state index is 0.0699. The third kappa shape index (κ3) is 4.35. The Morgan fingerprint density at radius 1 is 1.32 bits per heavy atom. The number of hydrogen-bond donors (Lipinski definition) is 2. The van der Waals surface area contributed by atoms with Crippen LogP contribution in [0.4, 0.5) is 0 Å². The molecule has 1 aliphatic rings. The average Bonchev–Trinajstić information content (AvgIpc) is 2.54. The highest BCUT2D eigenvalue weighted by Gasteiger charge is 2.24. The van der Waals surface area contributed by atoms with E-state index in [1.165, 1.54) is 0 Å². The molecule has 5 heteroatoms. The molecule has 0 heterocycles. The van der Waals surface area contributed by atoms with Gasteiger partial charge >= 0.3 is 5.97 Å². The Bertz CT molecular complexity index is 550. The molecular formula is C17H21NO4. The van der Waals surface area contributed by atoms with E-state index in [1.54, 1.807) is 31.4 Å². The molecule has 22 heavy (non-hydrogen) atoms. The molecule has 0 bridgehead atoms. The number of allylic oxidation sites excluding steroid dienone is 2. The van der Waals surface area contributed by atoms with Gasteiger partial charge in [0.1, 0.15) is 5.75 Å². The largest absolute Gasteiger partial charge is 0.497 e. The molecule has 0 radical (unpaired) electrons. The maximum Gasteiger partial charge on any atom is 0.305 e. The molecule has 1 amide bonds. The Morgan fingerprint density at radius 3 is 2.59 bits per heavy atom. The van der Waals surface area contributed by atoms with Crippen LogP contribution >= 0.6 is 0 Å². The van der Waals surface area contributed by atoms with Crippen LogP contribution in [0.1, 0.15) is 37.3 Å². The molecule has 0 saturated carbocycles. The van der Waals surface area contributed by atoms with Crippen molar-refractivity contribution in [1.29, 1.82) is 0 Å². The number of amides is 1. The van der Waals surface area contributed by atoms with Gasteiger partial charge in [-0.25, -0.2) is 0 Å². The highest BCUT2D eigenvalue weighted by Crippen LogP contribution is 2.23. The molecule has 0 unspecified atom stereocenters. The fraction of sp³-hybridized carbons (Fsp3) is 0.412. The van der Waals surface area contributed by atoms with Gasteiger partial charge in [0.25, 0.3) is 0 Å². The number of nitrogens with one attached hydrogen (secondary N) is 1. The van der Waals surface area contributed by atoms with Crippen molar-refractivity contribution < 1.29 is 19.4 Å². The van der Waals surface area contributed by atoms with E-state index in [0.29, 0.717) is 12.2 Å². The summed E-state index contributed by atoms with van der Waals surface area (Å²) in [7, 11) is 1.57. The van der Waals surface area contributed by atoms with Crippen molar-refractivity contribution in [2.45, 2.75) is 31.7 Å². The second-order valence-electron chi connectivity index (χ2n) is 5.41. The summed E-state index contributed by atoms with van der Waals surface area (Å²) in [6.45, 7) is 0. The van der Waals surface area contributed by atoms with Crippen LogP contribution in [0, 0.1) is 5.92 Å². The number of carbonyl (C=O) groups is 2. The Labute approximate surface area is 130 Å². The highest BCUT2D eigenvalue weighted by atomic mass is 16.5. The highest BCUT2D eigenvalue weighted by molar-refractivity contribution is 5.80. The fourth-order valence-electron chi connectivity index (χ4n) is 2.58. The van der Waals surface area contributed by atoms with Gasteiger partial charge in [-0.1, -0.05) is 24.3 Å². The van der Waals surface area contributed by atoms with Crippen LogP contribution in [0.3, 0.4) is 0 Å². The molecule has 1 aromatic carbocycles. The molecule has 5 nitrogen and oxygen atoms in total. The first-order valence-electron chi connectivity index (χ1n) is 7.41. The van der Waals surface area contributed by atoms with Gasteiger partial charge < -0.3 is 15.2 Å². The molecule has 1 aliphatic carbocycles. The molecule has 118 valence electrons. The number of carboxylic acid groups (broad SMARTS) is 1. The lowest BCUT2D eigenvalue weighted by Crippen LogP contribution is -2.35. The maximum absolute atomic E-state index is 12.3. The Morgan fingerprint density at radius 2 is 2.05 bits per heavy atom. The third-order valence-electron chi connectivity index (χ3n) is 3.85. The van der Waals surface area contributed by atoms with E-state index in [4.69, 9.17) is 9.84 Å². The van der Waals surface area contributed by atoms with Gasteiger partial charge in [-0.05, 0) is 37.0 Å². The van der Waals surface area contributed by atoms with Crippen LogP contribution < -0.4 is 10.1 Å². The number of carbonyl (C=O) groups excluding carboxylic acids is 1. The summed E-state index contributed by atoms with van der Waals surface area (Å²) in [5, 5.41) is 12.0. The van der Waals surface area contributed by atoms with Crippen LogP contribution in [0.5, 0.6) is 5.75 Å². The first kappa shape index (κ1) is 16.1. The monoisotopic (exact) mass is 303 g/mol. The fourth-order valence-corrected chi connectivity index (χ4v) is 2.58. The van der Waals surface area contributed by atoms with E-state index >= 15 is 0 Å². The van der Waals surface area contributed by atoms with Gasteiger partial charge in [0.2, 0.25) is 5.91 Å². The van der Waals surface area contributed by atoms with Crippen molar-refractivity contribution in [1.82, 2.24) is 5.32 Å². The van der Waals surface area contributed by atoms with Crippen LogP contribution in [0.15, 0.2) is 36.4 Å². The number of benzene rings is 1. The minimum atomic E-state index is -0.940. The quantitative estimate of drug-likeness (QED) is 0.792. The first-order chi connectivity index (χ1) is 10.6. The van der Waals surface area contributed by atoms with Gasteiger partial charge in [-0.15, -0.1) is 0 Å². The van der Waals surface area contributed by atoms with Crippen LogP contribution in [-0.2, 0) is 9.59 Å². The normalized spacial score (nSPS) is 18.5. The lowest BCUT2D eigenvalue weighted by Gasteiger charge is -2.23. The van der Waals surface area contributed by atoms with Crippen LogP contribution in [0.25, 0.3) is 0 Å². The van der Waals surface area contributed by atoms with Crippen molar-refractivity contribution in [3.63, 3.8) is 0 Å². The topological polar surface area (TPSA) is 75.6 Å². The predicted octanol–water partition coefficient (Wildman–Crippen LogP) is 2.68. The first-order valence-corrected chi connectivity index (χ1v) is 7.41. The Kier molecular flexibility index (Phi) is 5.58. The van der Waals surface area contributed by atoms with E-state index in [1.807, 2.05) is 6.08 Å². The van der Waals surface area contributed by atoms with Crippen molar-refractivity contribution in [2.24, 2.45) is 5.92 Å². The molecule has 0 saturated heterocycles. The smallest absolute Gasteiger partial charge is 0.305 e. The van der Waals surface area contributed by atoms with E-state index in [-0.39, 0.29) is 18.2 Å². The van der Waals surface area contributed by atoms with E-state index in [9.17, 15) is 9.59 Å². The summed E-state index contributed by atoms with van der Waals surface area (Å²) in [6.07, 6.45) is 6.36. The molecule has 0 fully saturated rings. The summed E-state index contributed by atoms with van der Waals surface area (Å²) >= 11 is 0. The maximum atomic E-state index is 12.3. The van der Waals surface area contributed by atoms with Gasteiger partial charge in [0, 0.05) is 5.92 Å². The van der Waals surface area contributed by atoms with Gasteiger partial charge in [-0.2, -0.15) is 0 Å². The molecule has 0 aromatic heterocycles. The number of methoxy groups -OCH3 is 1. The van der Waals surface area contributed by atoms with Crippen molar-refractivity contribution in [3.8, 4) is 5.75 Å². The summed E-state index contributed by atoms with van der Waals surface area (Å²) in [5.74, 6) is -0.391. The number of ether oxygens (including phenoxy) is 1. The standard InChI is InChI=1S/C17H21NO4/c1-22-14-9-7-12(8-10-14)15(11-16(19)20)18-17(21)13-5-3-2-4-6-13/h2-3,7-10,13,15H,4-6,11H2,1H3,(H,18,21)(H,19,20)/t13-,15-/m1/s1. The minimum Gasteiger partial charge on any atom is -0.497 e. The van der Waals surface area contributed by atoms with E-state index in [2.05, 4.69) is 11.4 Å². The number of rotatable bonds is 6. The molecule has 2 N–H and O–H groups in total. The zero-order valence-electron chi connectivity index (χ0n) is 12.6. The zero-order chi connectivity index (χ0) is 15.9. The lowest BCUT2D eigenvalue weighted by atomic mass is 9.92. The van der Waals surface area contributed by atoms with Crippen molar-refractivity contribution >= 4 is 11.9 Å². The average molecular weight is 303 g/mol. The summed E-state index contributed by atoms with van der Waals surface area (Å²) in [5.41, 5.74) is 0.767. The molecule has 2 atom stereocenters. The van der Waals surface area contributed by atoms with Gasteiger partial charge in [0.05, 0.1) is 19.6 Å². The third-order valence-corrected chi connectivity index (χ3v) is 3.85. The lowest BCUT2D eigenvalue weighted by molar-refractivity contribution is -0.138. The second-order valence-corrected chi connectivity index (χ2v) is 5.41. The summed E-state index contributed by atoms with van der Waals surface area (Å²) < 4.78 is 5.10. The number of hydrogen-bond acceptors (Lipinski definition) is 3. The number of carboxylic acids is 1. The summed E-state index contributed by atoms with van der Waals surface area (Å²) in [4.78, 5) is 23.4. The molecule has 1 aromatic rings. The molecule has 2 rings (SSSR count). The molecule has 0 spiro atoms. The number of aliphatic carboxylic acids is 1. The van der Waals surface area contributed by atoms with Crippen molar-refractivity contribution in [3.05, 3.63) is 42.0 Å². The Balaban J connectivity index is 2.09. The predicted molar refractivity (Wildman–Crippen MR) is 82.6 cm³/mol. The van der Waals surface area contributed by atoms with Crippen LogP contribution in [0.2, 0.25) is 0 Å². The van der Waals surface area contributed by atoms with Gasteiger partial charge in [0.15, 0.2) is 0 Å². The van der Waals surface area contributed by atoms with E-state index in [0.717, 1.165) is 18.4 Å². The molecule has 0 aliphatic heterocycles. The summed E-state index contributed by atoms with van der Waals surface area (Å²) in [6, 6.07) is 6.57. The van der Waals surface area contributed by atoms with Crippen LogP contribution in [-0.4, -0.2) is 24.1 Å². The van der Waals surface area contributed by atoms with Crippen molar-refractivity contribution in [2.75, 3.05) is 7.11 Å². The van der Waals surface area contributed by atoms with Gasteiger partial charge in [-0.3, -0.25) is 9.59 Å². The van der Waals surface area contributed by atoms with E-state index < -0.39 is 12.0 Å². The Hall–Kier alpha value is -2.30. The molecular weight excluding hydrogens is 282 g/mol.